The first kappa shape index (κ1) is 25.9. The standard InChI is InChI=1S/C23H29N5O2S.HI/c1-2-24-23(25-14-9-17-31(29,30)22-12-4-3-5-13-22)26-18-20-10-6-7-11-21(20)19-28-16-8-15-27-28;/h3-8,10-13,15-16H,2,9,14,17-19H2,1H3,(H2,24,25,26);1H. The van der Waals surface area contributed by atoms with E-state index in [-0.39, 0.29) is 29.7 Å². The van der Waals surface area contributed by atoms with Gasteiger partial charge in [0.2, 0.25) is 0 Å². The lowest BCUT2D eigenvalue weighted by atomic mass is 10.1. The number of nitrogens with one attached hydrogen (secondary N) is 2. The number of guanidine groups is 1. The highest BCUT2D eigenvalue weighted by Gasteiger charge is 2.13. The van der Waals surface area contributed by atoms with Crippen LogP contribution in [0.5, 0.6) is 0 Å². The molecule has 32 heavy (non-hydrogen) atoms. The maximum Gasteiger partial charge on any atom is 0.191 e. The Balaban J connectivity index is 0.00000363. The van der Waals surface area contributed by atoms with E-state index in [0.717, 1.165) is 12.1 Å². The van der Waals surface area contributed by atoms with Crippen molar-refractivity contribution in [3.63, 3.8) is 0 Å². The van der Waals surface area contributed by atoms with Gasteiger partial charge in [-0.15, -0.1) is 24.0 Å². The van der Waals surface area contributed by atoms with Gasteiger partial charge in [0.05, 0.1) is 23.7 Å². The third-order valence-electron chi connectivity index (χ3n) is 4.75. The maximum atomic E-state index is 12.4. The molecule has 2 N–H and O–H groups in total. The minimum absolute atomic E-state index is 0. The van der Waals surface area contributed by atoms with E-state index in [9.17, 15) is 8.42 Å². The first-order valence-corrected chi connectivity index (χ1v) is 12.1. The van der Waals surface area contributed by atoms with Crippen LogP contribution in [0.25, 0.3) is 0 Å². The third-order valence-corrected chi connectivity index (χ3v) is 6.56. The van der Waals surface area contributed by atoms with E-state index in [1.54, 1.807) is 30.5 Å². The molecule has 0 spiro atoms. The minimum atomic E-state index is -3.26. The summed E-state index contributed by atoms with van der Waals surface area (Å²) in [4.78, 5) is 5.05. The van der Waals surface area contributed by atoms with Crippen molar-refractivity contribution in [1.29, 1.82) is 0 Å². The van der Waals surface area contributed by atoms with Gasteiger partial charge in [-0.3, -0.25) is 4.68 Å². The normalized spacial score (nSPS) is 11.6. The Bertz CT molecular complexity index is 1070. The molecule has 2 aromatic carbocycles. The minimum Gasteiger partial charge on any atom is -0.357 e. The molecule has 0 fully saturated rings. The van der Waals surface area contributed by atoms with Crippen molar-refractivity contribution in [2.24, 2.45) is 4.99 Å². The van der Waals surface area contributed by atoms with Gasteiger partial charge < -0.3 is 10.6 Å². The summed E-state index contributed by atoms with van der Waals surface area (Å²) >= 11 is 0. The lowest BCUT2D eigenvalue weighted by Crippen LogP contribution is -2.38. The predicted octanol–water partition coefficient (Wildman–Crippen LogP) is 3.47. The molecule has 0 unspecified atom stereocenters. The number of hydrogen-bond donors (Lipinski definition) is 2. The van der Waals surface area contributed by atoms with Gasteiger partial charge in [0.15, 0.2) is 15.8 Å². The molecular formula is C23H30IN5O2S. The van der Waals surface area contributed by atoms with Crippen LogP contribution in [0.2, 0.25) is 0 Å². The van der Waals surface area contributed by atoms with Crippen LogP contribution in [-0.4, -0.2) is 43.0 Å². The van der Waals surface area contributed by atoms with Crippen LogP contribution >= 0.6 is 24.0 Å². The molecule has 3 rings (SSSR count). The van der Waals surface area contributed by atoms with Gasteiger partial charge in [0, 0.05) is 25.5 Å². The molecule has 0 atom stereocenters. The lowest BCUT2D eigenvalue weighted by molar-refractivity contribution is 0.592. The van der Waals surface area contributed by atoms with Crippen LogP contribution in [0.15, 0.2) is 82.9 Å². The second-order valence-corrected chi connectivity index (χ2v) is 9.19. The molecule has 172 valence electrons. The molecule has 0 amide bonds. The highest BCUT2D eigenvalue weighted by molar-refractivity contribution is 14.0. The van der Waals surface area contributed by atoms with Gasteiger partial charge in [-0.1, -0.05) is 42.5 Å². The average Bonchev–Trinajstić information content (AvgIpc) is 3.29. The summed E-state index contributed by atoms with van der Waals surface area (Å²) in [6.07, 6.45) is 4.21. The molecule has 0 aliphatic carbocycles. The summed E-state index contributed by atoms with van der Waals surface area (Å²) in [5.74, 6) is 0.768. The third kappa shape index (κ3) is 7.94. The van der Waals surface area contributed by atoms with Crippen LogP contribution in [0, 0.1) is 0 Å². The molecule has 0 bridgehead atoms. The summed E-state index contributed by atoms with van der Waals surface area (Å²) in [5.41, 5.74) is 2.29. The first-order chi connectivity index (χ1) is 15.1. The zero-order chi connectivity index (χ0) is 21.9. The van der Waals surface area contributed by atoms with Crippen LogP contribution in [-0.2, 0) is 22.9 Å². The molecule has 3 aromatic rings. The molecule has 1 heterocycles. The molecular weight excluding hydrogens is 537 g/mol. The van der Waals surface area contributed by atoms with Gasteiger partial charge >= 0.3 is 0 Å². The van der Waals surface area contributed by atoms with E-state index in [1.807, 2.05) is 42.1 Å². The number of hydrogen-bond acceptors (Lipinski definition) is 4. The quantitative estimate of drug-likeness (QED) is 0.170. The van der Waals surface area contributed by atoms with Gasteiger partial charge in [0.1, 0.15) is 0 Å². The van der Waals surface area contributed by atoms with Crippen molar-refractivity contribution in [3.05, 3.63) is 84.2 Å². The van der Waals surface area contributed by atoms with E-state index in [2.05, 4.69) is 32.9 Å². The first-order valence-electron chi connectivity index (χ1n) is 10.4. The van der Waals surface area contributed by atoms with Crippen molar-refractivity contribution in [2.75, 3.05) is 18.8 Å². The Kier molecular flexibility index (Phi) is 10.7. The van der Waals surface area contributed by atoms with Gasteiger partial charge in [0.25, 0.3) is 0 Å². The van der Waals surface area contributed by atoms with E-state index < -0.39 is 9.84 Å². The van der Waals surface area contributed by atoms with E-state index in [1.165, 1.54) is 5.56 Å². The molecule has 7 nitrogen and oxygen atoms in total. The predicted molar refractivity (Wildman–Crippen MR) is 139 cm³/mol. The Morgan fingerprint density at radius 2 is 1.72 bits per heavy atom. The topological polar surface area (TPSA) is 88.4 Å². The molecule has 0 saturated heterocycles. The fourth-order valence-corrected chi connectivity index (χ4v) is 4.49. The van der Waals surface area contributed by atoms with Crippen molar-refractivity contribution in [2.45, 2.75) is 31.3 Å². The monoisotopic (exact) mass is 567 g/mol. The maximum absolute atomic E-state index is 12.4. The SMILES string of the molecule is CCNC(=NCc1ccccc1Cn1cccn1)NCCCS(=O)(=O)c1ccccc1.I. The fourth-order valence-electron chi connectivity index (χ4n) is 3.16. The molecule has 0 radical (unpaired) electrons. The number of benzene rings is 2. The van der Waals surface area contributed by atoms with Crippen molar-refractivity contribution < 1.29 is 8.42 Å². The summed E-state index contributed by atoms with van der Waals surface area (Å²) in [6.45, 7) is 4.47. The van der Waals surface area contributed by atoms with Gasteiger partial charge in [-0.05, 0) is 42.7 Å². The fraction of sp³-hybridized carbons (Fsp3) is 0.304. The summed E-state index contributed by atoms with van der Waals surface area (Å²) < 4.78 is 26.7. The lowest BCUT2D eigenvalue weighted by Gasteiger charge is -2.13. The van der Waals surface area contributed by atoms with E-state index >= 15 is 0 Å². The van der Waals surface area contributed by atoms with Crippen LogP contribution in [0.4, 0.5) is 0 Å². The van der Waals surface area contributed by atoms with Crippen LogP contribution in [0.1, 0.15) is 24.5 Å². The molecule has 9 heteroatoms. The number of halogens is 1. The van der Waals surface area contributed by atoms with E-state index in [0.29, 0.717) is 36.9 Å². The highest BCUT2D eigenvalue weighted by Crippen LogP contribution is 2.12. The smallest absolute Gasteiger partial charge is 0.191 e. The molecule has 0 aliphatic rings. The Morgan fingerprint density at radius 1 is 1.00 bits per heavy atom. The second-order valence-electron chi connectivity index (χ2n) is 7.08. The number of aliphatic imine (C=N–C) groups is 1. The highest BCUT2D eigenvalue weighted by atomic mass is 127. The Morgan fingerprint density at radius 3 is 2.41 bits per heavy atom. The number of rotatable bonds is 10. The average molecular weight is 567 g/mol. The van der Waals surface area contributed by atoms with Crippen LogP contribution < -0.4 is 10.6 Å². The zero-order valence-electron chi connectivity index (χ0n) is 18.1. The number of aromatic nitrogens is 2. The van der Waals surface area contributed by atoms with E-state index in [4.69, 9.17) is 0 Å². The molecule has 0 aliphatic heterocycles. The summed E-state index contributed by atoms with van der Waals surface area (Å²) in [6, 6.07) is 18.6. The largest absolute Gasteiger partial charge is 0.357 e. The second kappa shape index (κ2) is 13.2. The van der Waals surface area contributed by atoms with Crippen molar-refractivity contribution in [3.8, 4) is 0 Å². The summed E-state index contributed by atoms with van der Waals surface area (Å²) in [5, 5.41) is 10.7. The van der Waals surface area contributed by atoms with Crippen LogP contribution in [0.3, 0.4) is 0 Å². The molecule has 1 aromatic heterocycles. The Hall–Kier alpha value is -2.40. The zero-order valence-corrected chi connectivity index (χ0v) is 21.3. The molecule has 0 saturated carbocycles. The van der Waals surface area contributed by atoms with Gasteiger partial charge in [-0.2, -0.15) is 5.10 Å². The van der Waals surface area contributed by atoms with Gasteiger partial charge in [-0.25, -0.2) is 13.4 Å². The number of sulfone groups is 1. The number of nitrogens with zero attached hydrogens (tertiary/aromatic N) is 3. The van der Waals surface area contributed by atoms with Crippen molar-refractivity contribution in [1.82, 2.24) is 20.4 Å². The summed E-state index contributed by atoms with van der Waals surface area (Å²) in [7, 11) is -3.26. The van der Waals surface area contributed by atoms with Crippen molar-refractivity contribution >= 4 is 39.8 Å². The Labute approximate surface area is 207 Å².